The van der Waals surface area contributed by atoms with Crippen LogP contribution in [0.3, 0.4) is 0 Å². The lowest BCUT2D eigenvalue weighted by Gasteiger charge is -2.39. The topological polar surface area (TPSA) is 70.7 Å². The summed E-state index contributed by atoms with van der Waals surface area (Å²) >= 11 is 6.05. The molecule has 3 rings (SSSR count). The molecule has 30 heavy (non-hydrogen) atoms. The molecule has 0 saturated carbocycles. The Morgan fingerprint density at radius 1 is 1.23 bits per heavy atom. The average Bonchev–Trinajstić information content (AvgIpc) is 2.74. The largest absolute Gasteiger partial charge is 0.497 e. The fraction of sp³-hybridized carbons (Fsp3) is 0.391. The molecule has 1 aliphatic heterocycles. The summed E-state index contributed by atoms with van der Waals surface area (Å²) in [5.41, 5.74) is 1.94. The Morgan fingerprint density at radius 3 is 2.80 bits per heavy atom. The first-order valence-electron chi connectivity index (χ1n) is 10.0. The molecule has 3 amide bonds. The molecular formula is C23H28ClN3O3. The SMILES string of the molecule is COc1cccc(CNC(=O)[C@@]2(C)CCCN(C(=O)Nc3cc(Cl)ccc3C)C2)c1. The maximum Gasteiger partial charge on any atom is 0.321 e. The first-order chi connectivity index (χ1) is 14.3. The van der Waals surface area contributed by atoms with Crippen LogP contribution in [0, 0.1) is 12.3 Å². The van der Waals surface area contributed by atoms with Gasteiger partial charge in [-0.15, -0.1) is 0 Å². The lowest BCUT2D eigenvalue weighted by atomic mass is 9.81. The molecule has 0 spiro atoms. The Balaban J connectivity index is 1.62. The normalized spacial score (nSPS) is 18.6. The number of amides is 3. The van der Waals surface area contributed by atoms with Crippen molar-refractivity contribution in [1.82, 2.24) is 10.2 Å². The highest BCUT2D eigenvalue weighted by Gasteiger charge is 2.39. The highest BCUT2D eigenvalue weighted by Crippen LogP contribution is 2.31. The number of ether oxygens (including phenoxy) is 1. The number of methoxy groups -OCH3 is 1. The highest BCUT2D eigenvalue weighted by atomic mass is 35.5. The molecule has 0 bridgehead atoms. The van der Waals surface area contributed by atoms with E-state index in [4.69, 9.17) is 16.3 Å². The van der Waals surface area contributed by atoms with Gasteiger partial charge in [-0.2, -0.15) is 0 Å². The highest BCUT2D eigenvalue weighted by molar-refractivity contribution is 6.31. The molecule has 2 N–H and O–H groups in total. The molecule has 0 unspecified atom stereocenters. The number of urea groups is 1. The summed E-state index contributed by atoms with van der Waals surface area (Å²) in [7, 11) is 1.62. The van der Waals surface area contributed by atoms with Crippen molar-refractivity contribution in [3.63, 3.8) is 0 Å². The van der Waals surface area contributed by atoms with E-state index in [1.165, 1.54) is 0 Å². The number of likely N-dealkylation sites (tertiary alicyclic amines) is 1. The fourth-order valence-corrected chi connectivity index (χ4v) is 3.87. The van der Waals surface area contributed by atoms with Crippen molar-refractivity contribution in [3.8, 4) is 5.75 Å². The van der Waals surface area contributed by atoms with Crippen molar-refractivity contribution in [2.24, 2.45) is 5.41 Å². The number of hydrogen-bond acceptors (Lipinski definition) is 3. The predicted octanol–water partition coefficient (Wildman–Crippen LogP) is 4.61. The molecular weight excluding hydrogens is 402 g/mol. The Kier molecular flexibility index (Phi) is 6.87. The van der Waals surface area contributed by atoms with E-state index in [9.17, 15) is 9.59 Å². The van der Waals surface area contributed by atoms with Gasteiger partial charge in [0, 0.05) is 30.3 Å². The van der Waals surface area contributed by atoms with Gasteiger partial charge >= 0.3 is 6.03 Å². The smallest absolute Gasteiger partial charge is 0.321 e. The van der Waals surface area contributed by atoms with E-state index in [0.29, 0.717) is 30.3 Å². The van der Waals surface area contributed by atoms with Crippen LogP contribution in [0.1, 0.15) is 30.9 Å². The van der Waals surface area contributed by atoms with Gasteiger partial charge in [0.05, 0.1) is 12.5 Å². The molecule has 0 aromatic heterocycles. The van der Waals surface area contributed by atoms with E-state index < -0.39 is 5.41 Å². The minimum Gasteiger partial charge on any atom is -0.497 e. The van der Waals surface area contributed by atoms with Gasteiger partial charge in [-0.05, 0) is 62.1 Å². The summed E-state index contributed by atoms with van der Waals surface area (Å²) < 4.78 is 5.23. The summed E-state index contributed by atoms with van der Waals surface area (Å²) in [6.07, 6.45) is 1.50. The van der Waals surface area contributed by atoms with Crippen LogP contribution >= 0.6 is 11.6 Å². The van der Waals surface area contributed by atoms with Crippen LogP contribution in [-0.2, 0) is 11.3 Å². The van der Waals surface area contributed by atoms with Crippen LogP contribution in [0.25, 0.3) is 0 Å². The van der Waals surface area contributed by atoms with Gasteiger partial charge < -0.3 is 20.3 Å². The third kappa shape index (κ3) is 5.25. The molecule has 1 atom stereocenters. The molecule has 1 aliphatic rings. The zero-order chi connectivity index (χ0) is 21.7. The molecule has 1 heterocycles. The number of carbonyl (C=O) groups is 2. The van der Waals surface area contributed by atoms with Crippen molar-refractivity contribution in [3.05, 3.63) is 58.6 Å². The van der Waals surface area contributed by atoms with Crippen molar-refractivity contribution in [2.45, 2.75) is 33.2 Å². The van der Waals surface area contributed by atoms with Gasteiger partial charge in [0.2, 0.25) is 5.91 Å². The van der Waals surface area contributed by atoms with Crippen LogP contribution in [0.5, 0.6) is 5.75 Å². The number of rotatable bonds is 5. The van der Waals surface area contributed by atoms with Gasteiger partial charge in [-0.3, -0.25) is 4.79 Å². The van der Waals surface area contributed by atoms with Crippen molar-refractivity contribution >= 4 is 29.2 Å². The van der Waals surface area contributed by atoms with Gasteiger partial charge in [0.15, 0.2) is 0 Å². The van der Waals surface area contributed by atoms with Gasteiger partial charge in [-0.1, -0.05) is 29.8 Å². The van der Waals surface area contributed by atoms with Crippen molar-refractivity contribution < 1.29 is 14.3 Å². The fourth-order valence-electron chi connectivity index (χ4n) is 3.70. The number of nitrogens with one attached hydrogen (secondary N) is 2. The van der Waals surface area contributed by atoms with Crippen LogP contribution in [-0.4, -0.2) is 37.0 Å². The van der Waals surface area contributed by atoms with Crippen LogP contribution in [0.15, 0.2) is 42.5 Å². The zero-order valence-electron chi connectivity index (χ0n) is 17.6. The number of piperidine rings is 1. The van der Waals surface area contributed by atoms with Crippen molar-refractivity contribution in [2.75, 3.05) is 25.5 Å². The van der Waals surface area contributed by atoms with Crippen molar-refractivity contribution in [1.29, 1.82) is 0 Å². The molecule has 0 radical (unpaired) electrons. The zero-order valence-corrected chi connectivity index (χ0v) is 18.4. The van der Waals surface area contributed by atoms with Gasteiger partial charge in [-0.25, -0.2) is 4.79 Å². The van der Waals surface area contributed by atoms with E-state index in [-0.39, 0.29) is 11.9 Å². The Morgan fingerprint density at radius 2 is 2.03 bits per heavy atom. The van der Waals surface area contributed by atoms with E-state index in [0.717, 1.165) is 29.7 Å². The standard InChI is InChI=1S/C23H28ClN3O3/c1-16-8-9-18(24)13-20(16)26-22(29)27-11-5-10-23(2,15-27)21(28)25-14-17-6-4-7-19(12-17)30-3/h4,6-9,12-13H,5,10-11,14-15H2,1-3H3,(H,25,28)(H,26,29)/t23-/m0/s1. The van der Waals surface area contributed by atoms with E-state index in [1.54, 1.807) is 24.1 Å². The monoisotopic (exact) mass is 429 g/mol. The lowest BCUT2D eigenvalue weighted by Crippen LogP contribution is -2.52. The Labute approximate surface area is 182 Å². The quantitative estimate of drug-likeness (QED) is 0.729. The number of anilines is 1. The first-order valence-corrected chi connectivity index (χ1v) is 10.4. The summed E-state index contributed by atoms with van der Waals surface area (Å²) in [6, 6.07) is 12.8. The van der Waals surface area contributed by atoms with E-state index in [1.807, 2.05) is 44.2 Å². The molecule has 1 fully saturated rings. The molecule has 1 saturated heterocycles. The second kappa shape index (κ2) is 9.39. The maximum atomic E-state index is 13.0. The first kappa shape index (κ1) is 22.0. The third-order valence-corrected chi connectivity index (χ3v) is 5.80. The minimum atomic E-state index is -0.641. The van der Waals surface area contributed by atoms with E-state index in [2.05, 4.69) is 10.6 Å². The lowest BCUT2D eigenvalue weighted by molar-refractivity contribution is -0.132. The van der Waals surface area contributed by atoms with Crippen LogP contribution < -0.4 is 15.4 Å². The number of carbonyl (C=O) groups excluding carboxylic acids is 2. The maximum absolute atomic E-state index is 13.0. The molecule has 2 aromatic carbocycles. The Hall–Kier alpha value is -2.73. The number of aryl methyl sites for hydroxylation is 1. The van der Waals surface area contributed by atoms with Gasteiger partial charge in [0.25, 0.3) is 0 Å². The average molecular weight is 430 g/mol. The second-order valence-corrected chi connectivity index (χ2v) is 8.45. The third-order valence-electron chi connectivity index (χ3n) is 5.56. The number of hydrogen-bond donors (Lipinski definition) is 2. The van der Waals surface area contributed by atoms with Crippen LogP contribution in [0.2, 0.25) is 5.02 Å². The summed E-state index contributed by atoms with van der Waals surface area (Å²) in [5.74, 6) is 0.700. The van der Waals surface area contributed by atoms with Gasteiger partial charge in [0.1, 0.15) is 5.75 Å². The summed E-state index contributed by atoms with van der Waals surface area (Å²) in [4.78, 5) is 27.5. The predicted molar refractivity (Wildman–Crippen MR) is 119 cm³/mol. The number of nitrogens with zero attached hydrogens (tertiary/aromatic N) is 1. The summed E-state index contributed by atoms with van der Waals surface area (Å²) in [5, 5.41) is 6.51. The van der Waals surface area contributed by atoms with E-state index >= 15 is 0 Å². The Bertz CT molecular complexity index is 934. The van der Waals surface area contributed by atoms with Crippen LogP contribution in [0.4, 0.5) is 10.5 Å². The summed E-state index contributed by atoms with van der Waals surface area (Å²) in [6.45, 7) is 5.22. The molecule has 160 valence electrons. The number of halogens is 1. The number of benzene rings is 2. The molecule has 2 aromatic rings. The molecule has 0 aliphatic carbocycles. The molecule has 7 heteroatoms. The second-order valence-electron chi connectivity index (χ2n) is 8.01. The minimum absolute atomic E-state index is 0.0539. The molecule has 6 nitrogen and oxygen atoms in total.